The third kappa shape index (κ3) is 4.59. The lowest BCUT2D eigenvalue weighted by molar-refractivity contribution is 0.520. The lowest BCUT2D eigenvalue weighted by atomic mass is 10.0. The Labute approximate surface area is 181 Å². The van der Waals surface area contributed by atoms with E-state index in [1.807, 2.05) is 47.9 Å². The number of rotatable bonds is 8. The first kappa shape index (κ1) is 22.5. The predicted octanol–water partition coefficient (Wildman–Crippen LogP) is 4.39. The lowest BCUT2D eigenvalue weighted by Crippen LogP contribution is -2.22. The van der Waals surface area contributed by atoms with Crippen LogP contribution in [-0.2, 0) is 23.0 Å². The summed E-state index contributed by atoms with van der Waals surface area (Å²) in [7, 11) is -0.435. The first-order chi connectivity index (χ1) is 14.3. The zero-order chi connectivity index (χ0) is 21.9. The van der Waals surface area contributed by atoms with Gasteiger partial charge in [-0.05, 0) is 60.5 Å². The van der Waals surface area contributed by atoms with Crippen molar-refractivity contribution in [3.05, 3.63) is 77.3 Å². The largest absolute Gasteiger partial charge is 0.338 e. The van der Waals surface area contributed by atoms with Crippen LogP contribution in [0.4, 0.5) is 4.39 Å². The van der Waals surface area contributed by atoms with Crippen LogP contribution in [0.2, 0.25) is 0 Å². The molecule has 0 spiro atoms. The normalized spacial score (nSPS) is 12.8. The molecule has 160 valence electrons. The highest BCUT2D eigenvalue weighted by molar-refractivity contribution is 7.89. The van der Waals surface area contributed by atoms with Gasteiger partial charge in [0.2, 0.25) is 10.0 Å². The van der Waals surface area contributed by atoms with Crippen molar-refractivity contribution in [2.24, 2.45) is 0 Å². The van der Waals surface area contributed by atoms with Gasteiger partial charge in [0.25, 0.3) is 0 Å². The average molecular weight is 450 g/mol. The van der Waals surface area contributed by atoms with Gasteiger partial charge in [0.05, 0.1) is 11.4 Å². The van der Waals surface area contributed by atoms with Crippen molar-refractivity contribution in [1.29, 1.82) is 0 Å². The number of hydrogen-bond acceptors (Lipinski definition) is 3. The van der Waals surface area contributed by atoms with Crippen molar-refractivity contribution in [2.45, 2.75) is 24.8 Å². The topological polar surface area (TPSA) is 54.3 Å². The van der Waals surface area contributed by atoms with Crippen LogP contribution in [0.5, 0.6) is 0 Å². The van der Waals surface area contributed by atoms with Crippen LogP contribution in [0, 0.1) is 6.92 Å². The van der Waals surface area contributed by atoms with Gasteiger partial charge < -0.3 is 4.57 Å². The number of nitrogens with zero attached hydrogens (tertiary/aromatic N) is 2. The number of aromatic nitrogens is 1. The number of para-hydroxylation sites is 1. The minimum atomic E-state index is -3.46. The Bertz CT molecular complexity index is 1170. The van der Waals surface area contributed by atoms with Gasteiger partial charge in [-0.15, -0.1) is 0 Å². The summed E-state index contributed by atoms with van der Waals surface area (Å²) in [6.07, 6.45) is 2.04. The fraction of sp³-hybridized carbons (Fsp3) is 0.273. The number of hydrogen-bond donors (Lipinski definition) is 1. The second-order valence-electron chi connectivity index (χ2n) is 7.26. The van der Waals surface area contributed by atoms with Crippen LogP contribution in [0.25, 0.3) is 10.9 Å². The minimum Gasteiger partial charge on any atom is -0.338 e. The summed E-state index contributed by atoms with van der Waals surface area (Å²) in [4.78, 5) is 2.66. The van der Waals surface area contributed by atoms with Crippen LogP contribution in [-0.4, -0.2) is 37.9 Å². The second kappa shape index (κ2) is 9.31. The van der Waals surface area contributed by atoms with E-state index in [1.165, 1.54) is 24.5 Å². The molecule has 0 atom stereocenters. The number of benzene rings is 2. The fourth-order valence-electron chi connectivity index (χ4n) is 3.49. The number of halogens is 2. The molecule has 0 unspecified atom stereocenters. The molecule has 0 saturated carbocycles. The number of allylic oxidation sites excluding steroid dienone is 1. The monoisotopic (exact) mass is 449 g/mol. The number of sulfonamides is 1. The van der Waals surface area contributed by atoms with Crippen molar-refractivity contribution in [1.82, 2.24) is 13.7 Å². The van der Waals surface area contributed by atoms with Gasteiger partial charge in [0.15, 0.2) is 0 Å². The van der Waals surface area contributed by atoms with Crippen LogP contribution in [0.1, 0.15) is 16.8 Å². The maximum atomic E-state index is 14.3. The molecule has 0 aliphatic rings. The van der Waals surface area contributed by atoms with E-state index in [4.69, 9.17) is 11.8 Å². The van der Waals surface area contributed by atoms with E-state index >= 15 is 0 Å². The smallest absolute Gasteiger partial charge is 0.242 e. The standard InChI is InChI=1S/C22H25ClFN3O2S/c1-16-21(14-17-8-10-19(11-9-17)30(28,29)26(2)3)20-6-4-5-7-22(20)27(16)15-18(24)12-13-25-23/h4-12,25H,13-15H2,1-3H3/b18-12-. The van der Waals surface area contributed by atoms with Gasteiger partial charge in [-0.25, -0.2) is 21.9 Å². The molecule has 30 heavy (non-hydrogen) atoms. The molecule has 5 nitrogen and oxygen atoms in total. The third-order valence-electron chi connectivity index (χ3n) is 5.15. The average Bonchev–Trinajstić information content (AvgIpc) is 2.98. The van der Waals surface area contributed by atoms with Crippen molar-refractivity contribution < 1.29 is 12.8 Å². The Kier molecular flexibility index (Phi) is 6.98. The highest BCUT2D eigenvalue weighted by Crippen LogP contribution is 2.29. The van der Waals surface area contributed by atoms with E-state index in [9.17, 15) is 12.8 Å². The van der Waals surface area contributed by atoms with E-state index in [1.54, 1.807) is 12.1 Å². The Morgan fingerprint density at radius 1 is 1.17 bits per heavy atom. The maximum absolute atomic E-state index is 14.3. The van der Waals surface area contributed by atoms with Crippen LogP contribution < -0.4 is 4.84 Å². The molecule has 2 aromatic carbocycles. The molecule has 0 saturated heterocycles. The van der Waals surface area contributed by atoms with Crippen molar-refractivity contribution >= 4 is 32.7 Å². The molecule has 0 aliphatic heterocycles. The third-order valence-corrected chi connectivity index (χ3v) is 7.14. The maximum Gasteiger partial charge on any atom is 0.242 e. The molecule has 8 heteroatoms. The molecular formula is C22H25ClFN3O2S. The summed E-state index contributed by atoms with van der Waals surface area (Å²) in [5.41, 5.74) is 4.01. The minimum absolute atomic E-state index is 0.130. The van der Waals surface area contributed by atoms with Gasteiger partial charge in [-0.3, -0.25) is 0 Å². The van der Waals surface area contributed by atoms with E-state index in [0.717, 1.165) is 27.7 Å². The van der Waals surface area contributed by atoms with Gasteiger partial charge >= 0.3 is 0 Å². The quantitative estimate of drug-likeness (QED) is 0.519. The molecule has 0 radical (unpaired) electrons. The summed E-state index contributed by atoms with van der Waals surface area (Å²) in [5.74, 6) is -0.267. The Balaban J connectivity index is 1.96. The Hall–Kier alpha value is -2.19. The van der Waals surface area contributed by atoms with Crippen LogP contribution >= 0.6 is 11.8 Å². The molecular weight excluding hydrogens is 425 g/mol. The van der Waals surface area contributed by atoms with Crippen LogP contribution in [0.3, 0.4) is 0 Å². The number of nitrogens with one attached hydrogen (secondary N) is 1. The van der Waals surface area contributed by atoms with Gasteiger partial charge in [-0.2, -0.15) is 0 Å². The molecule has 0 amide bonds. The molecule has 1 aromatic heterocycles. The summed E-state index contributed by atoms with van der Waals surface area (Å²) in [6, 6.07) is 14.8. The second-order valence-corrected chi connectivity index (χ2v) is 9.68. The fourth-order valence-corrected chi connectivity index (χ4v) is 4.47. The molecule has 0 fully saturated rings. The summed E-state index contributed by atoms with van der Waals surface area (Å²) in [5, 5.41) is 1.06. The highest BCUT2D eigenvalue weighted by Gasteiger charge is 2.18. The molecule has 1 N–H and O–H groups in total. The first-order valence-corrected chi connectivity index (χ1v) is 11.3. The number of fused-ring (bicyclic) bond motifs is 1. The van der Waals surface area contributed by atoms with E-state index in [2.05, 4.69) is 4.84 Å². The first-order valence-electron chi connectivity index (χ1n) is 9.52. The zero-order valence-corrected chi connectivity index (χ0v) is 18.8. The zero-order valence-electron chi connectivity index (χ0n) is 17.2. The Morgan fingerprint density at radius 3 is 2.47 bits per heavy atom. The molecule has 3 aromatic rings. The van der Waals surface area contributed by atoms with E-state index in [0.29, 0.717) is 6.42 Å². The summed E-state index contributed by atoms with van der Waals surface area (Å²) < 4.78 is 42.0. The van der Waals surface area contributed by atoms with Gasteiger partial charge in [0.1, 0.15) is 5.83 Å². The predicted molar refractivity (Wildman–Crippen MR) is 120 cm³/mol. The van der Waals surface area contributed by atoms with Gasteiger partial charge in [0, 0.05) is 37.2 Å². The SMILES string of the molecule is Cc1c(Cc2ccc(S(=O)(=O)N(C)C)cc2)c2ccccc2n1C/C(F)=C/CNCl. The Morgan fingerprint density at radius 2 is 1.83 bits per heavy atom. The van der Waals surface area contributed by atoms with Gasteiger partial charge in [-0.1, -0.05) is 30.3 Å². The summed E-state index contributed by atoms with van der Waals surface area (Å²) in [6.45, 7) is 2.36. The molecule has 0 aliphatic carbocycles. The molecule has 3 rings (SSSR count). The lowest BCUT2D eigenvalue weighted by Gasteiger charge is -2.12. The van der Waals surface area contributed by atoms with Crippen molar-refractivity contribution in [3.63, 3.8) is 0 Å². The van der Waals surface area contributed by atoms with Crippen molar-refractivity contribution in [3.8, 4) is 0 Å². The van der Waals surface area contributed by atoms with E-state index < -0.39 is 10.0 Å². The summed E-state index contributed by atoms with van der Waals surface area (Å²) >= 11 is 5.42. The highest BCUT2D eigenvalue weighted by atomic mass is 35.5. The van der Waals surface area contributed by atoms with Crippen LogP contribution in [0.15, 0.2) is 65.3 Å². The van der Waals surface area contributed by atoms with Crippen molar-refractivity contribution in [2.75, 3.05) is 20.6 Å². The van der Waals surface area contributed by atoms with E-state index in [-0.39, 0.29) is 23.8 Å². The molecule has 1 heterocycles. The molecule has 0 bridgehead atoms.